The van der Waals surface area contributed by atoms with Crippen molar-refractivity contribution < 1.29 is 0 Å². The summed E-state index contributed by atoms with van der Waals surface area (Å²) in [5.41, 5.74) is 15.0. The Morgan fingerprint density at radius 1 is 0.481 bits per heavy atom. The Balaban J connectivity index is 1.10. The van der Waals surface area contributed by atoms with E-state index in [1.54, 1.807) is 0 Å². The molecule has 0 atom stereocenters. The van der Waals surface area contributed by atoms with Crippen molar-refractivity contribution in [1.82, 2.24) is 4.57 Å². The molecule has 54 heavy (non-hydrogen) atoms. The molecule has 0 fully saturated rings. The summed E-state index contributed by atoms with van der Waals surface area (Å²) in [6.45, 7) is 4.81. The molecular formula is C52H42N2. The number of anilines is 3. The Bertz CT molecular complexity index is 2780. The number of rotatable bonds is 6. The second-order valence-electron chi connectivity index (χ2n) is 15.5. The highest BCUT2D eigenvalue weighted by Crippen LogP contribution is 2.44. The molecule has 260 valence electrons. The van der Waals surface area contributed by atoms with Crippen LogP contribution in [-0.2, 0) is 11.8 Å². The normalized spacial score (nSPS) is 13.7. The van der Waals surface area contributed by atoms with Gasteiger partial charge >= 0.3 is 0 Å². The van der Waals surface area contributed by atoms with Crippen molar-refractivity contribution in [2.45, 2.75) is 38.5 Å². The Morgan fingerprint density at radius 2 is 1.11 bits per heavy atom. The van der Waals surface area contributed by atoms with Gasteiger partial charge in [0.15, 0.2) is 0 Å². The molecule has 10 rings (SSSR count). The van der Waals surface area contributed by atoms with Crippen LogP contribution < -0.4 is 4.90 Å². The maximum Gasteiger partial charge on any atom is 0.0541 e. The molecule has 0 spiro atoms. The van der Waals surface area contributed by atoms with Gasteiger partial charge in [0, 0.05) is 33.4 Å². The molecule has 0 saturated carbocycles. The number of fused-ring (bicyclic) bond motifs is 5. The number of hydrogen-bond acceptors (Lipinski definition) is 1. The molecule has 2 heteroatoms. The summed E-state index contributed by atoms with van der Waals surface area (Å²) in [4.78, 5) is 2.44. The van der Waals surface area contributed by atoms with Gasteiger partial charge in [0.2, 0.25) is 0 Å². The minimum Gasteiger partial charge on any atom is -0.310 e. The fraction of sp³-hybridized carbons (Fsp3) is 0.115. The van der Waals surface area contributed by atoms with Gasteiger partial charge in [0.25, 0.3) is 0 Å². The van der Waals surface area contributed by atoms with E-state index in [1.807, 2.05) is 0 Å². The molecule has 1 aliphatic rings. The Kier molecular flexibility index (Phi) is 7.73. The molecule has 2 nitrogen and oxygen atoms in total. The van der Waals surface area contributed by atoms with Gasteiger partial charge in [-0.25, -0.2) is 0 Å². The number of aryl methyl sites for hydroxylation is 1. The molecule has 1 aliphatic carbocycles. The lowest BCUT2D eigenvalue weighted by atomic mass is 9.72. The number of hydrogen-bond donors (Lipinski definition) is 0. The summed E-state index contributed by atoms with van der Waals surface area (Å²) in [7, 11) is 0. The molecule has 0 N–H and O–H groups in total. The first-order valence-corrected chi connectivity index (χ1v) is 19.2. The SMILES string of the molecule is CC1(C)CCCc2ccc(N(c3ccc(-c4ccccc4-n4c5ccccc5c5ccccc54)cc3)c3cccc(-c4ccc5ccccc5c4)c3)cc21. The van der Waals surface area contributed by atoms with Gasteiger partial charge in [-0.15, -0.1) is 0 Å². The summed E-state index contributed by atoms with van der Waals surface area (Å²) in [5, 5.41) is 5.06. The Labute approximate surface area is 317 Å². The van der Waals surface area contributed by atoms with Gasteiger partial charge < -0.3 is 9.47 Å². The van der Waals surface area contributed by atoms with Crippen molar-refractivity contribution in [3.8, 4) is 27.9 Å². The quantitative estimate of drug-likeness (QED) is 0.168. The average Bonchev–Trinajstić information content (AvgIpc) is 3.55. The lowest BCUT2D eigenvalue weighted by Crippen LogP contribution is -2.24. The van der Waals surface area contributed by atoms with Gasteiger partial charge in [0.05, 0.1) is 16.7 Å². The summed E-state index contributed by atoms with van der Waals surface area (Å²) < 4.78 is 2.42. The third-order valence-corrected chi connectivity index (χ3v) is 11.7. The molecule has 0 unspecified atom stereocenters. The van der Waals surface area contributed by atoms with Crippen molar-refractivity contribution >= 4 is 49.6 Å². The molecule has 0 amide bonds. The van der Waals surface area contributed by atoms with E-state index in [2.05, 4.69) is 205 Å². The predicted octanol–water partition coefficient (Wildman–Crippen LogP) is 14.4. The van der Waals surface area contributed by atoms with E-state index in [0.717, 1.165) is 17.8 Å². The molecule has 0 saturated heterocycles. The first-order chi connectivity index (χ1) is 26.5. The van der Waals surface area contributed by atoms with Gasteiger partial charge in [-0.3, -0.25) is 0 Å². The minimum absolute atomic E-state index is 0.141. The van der Waals surface area contributed by atoms with Crippen LogP contribution in [-0.4, -0.2) is 4.57 Å². The van der Waals surface area contributed by atoms with Crippen LogP contribution in [0.1, 0.15) is 37.8 Å². The predicted molar refractivity (Wildman–Crippen MR) is 230 cm³/mol. The van der Waals surface area contributed by atoms with E-state index < -0.39 is 0 Å². The molecule has 1 heterocycles. The topological polar surface area (TPSA) is 8.17 Å². The summed E-state index contributed by atoms with van der Waals surface area (Å²) in [5.74, 6) is 0. The van der Waals surface area contributed by atoms with Crippen LogP contribution in [0.15, 0.2) is 182 Å². The average molecular weight is 695 g/mol. The van der Waals surface area contributed by atoms with Gasteiger partial charge in [-0.2, -0.15) is 0 Å². The molecule has 1 aromatic heterocycles. The molecule has 9 aromatic rings. The maximum atomic E-state index is 2.46. The fourth-order valence-electron chi connectivity index (χ4n) is 8.93. The zero-order valence-corrected chi connectivity index (χ0v) is 30.8. The van der Waals surface area contributed by atoms with Gasteiger partial charge in [-0.1, -0.05) is 135 Å². The van der Waals surface area contributed by atoms with Gasteiger partial charge in [-0.05, 0) is 124 Å². The zero-order valence-electron chi connectivity index (χ0n) is 30.8. The van der Waals surface area contributed by atoms with Crippen LogP contribution >= 0.6 is 0 Å². The molecule has 8 aromatic carbocycles. The van der Waals surface area contributed by atoms with Gasteiger partial charge in [0.1, 0.15) is 0 Å². The highest BCUT2D eigenvalue weighted by atomic mass is 15.1. The Morgan fingerprint density at radius 3 is 1.91 bits per heavy atom. The van der Waals surface area contributed by atoms with E-state index in [1.165, 1.54) is 90.2 Å². The maximum absolute atomic E-state index is 2.46. The molecule has 0 radical (unpaired) electrons. The first-order valence-electron chi connectivity index (χ1n) is 19.2. The first kappa shape index (κ1) is 32.3. The van der Waals surface area contributed by atoms with Crippen molar-refractivity contribution in [1.29, 1.82) is 0 Å². The van der Waals surface area contributed by atoms with Crippen LogP contribution in [0, 0.1) is 0 Å². The van der Waals surface area contributed by atoms with E-state index in [4.69, 9.17) is 0 Å². The molecular weight excluding hydrogens is 653 g/mol. The highest BCUT2D eigenvalue weighted by Gasteiger charge is 2.28. The van der Waals surface area contributed by atoms with Crippen molar-refractivity contribution in [3.05, 3.63) is 193 Å². The monoisotopic (exact) mass is 694 g/mol. The summed E-state index contributed by atoms with van der Waals surface area (Å²) in [6.07, 6.45) is 3.60. The standard InChI is InChI=1S/C52H42N2/c1-52(2)32-12-16-38-28-31-44(35-48(38)52)53(43-17-11-15-40(34-43)41-25-24-36-13-3-4-14-39(36)33-41)42-29-26-37(27-30-42)45-18-5-8-21-49(45)54-50-22-9-6-19-46(50)47-20-7-10-23-51(47)54/h3-11,13-15,17-31,33-35H,12,16,32H2,1-2H3. The third kappa shape index (κ3) is 5.49. The molecule has 0 aliphatic heterocycles. The van der Waals surface area contributed by atoms with E-state index in [-0.39, 0.29) is 5.41 Å². The van der Waals surface area contributed by atoms with Crippen molar-refractivity contribution in [3.63, 3.8) is 0 Å². The fourth-order valence-corrected chi connectivity index (χ4v) is 8.93. The van der Waals surface area contributed by atoms with E-state index in [9.17, 15) is 0 Å². The van der Waals surface area contributed by atoms with Crippen LogP contribution in [0.25, 0.3) is 60.5 Å². The van der Waals surface area contributed by atoms with Crippen molar-refractivity contribution in [2.24, 2.45) is 0 Å². The summed E-state index contributed by atoms with van der Waals surface area (Å²) >= 11 is 0. The number of nitrogens with zero attached hydrogens (tertiary/aromatic N) is 2. The number of para-hydroxylation sites is 3. The molecule has 0 bridgehead atoms. The van der Waals surface area contributed by atoms with Crippen LogP contribution in [0.3, 0.4) is 0 Å². The highest BCUT2D eigenvalue weighted by molar-refractivity contribution is 6.09. The van der Waals surface area contributed by atoms with Crippen molar-refractivity contribution in [2.75, 3.05) is 4.90 Å². The second-order valence-corrected chi connectivity index (χ2v) is 15.5. The second kappa shape index (κ2) is 12.9. The number of aromatic nitrogens is 1. The summed E-state index contributed by atoms with van der Waals surface area (Å²) in [6, 6.07) is 67.1. The lowest BCUT2D eigenvalue weighted by Gasteiger charge is -2.34. The number of benzene rings is 8. The lowest BCUT2D eigenvalue weighted by molar-refractivity contribution is 0.432. The zero-order chi connectivity index (χ0) is 36.2. The smallest absolute Gasteiger partial charge is 0.0541 e. The van der Waals surface area contributed by atoms with Crippen LogP contribution in [0.4, 0.5) is 17.1 Å². The third-order valence-electron chi connectivity index (χ3n) is 11.7. The Hall–Kier alpha value is -6.38. The minimum atomic E-state index is 0.141. The van der Waals surface area contributed by atoms with Crippen LogP contribution in [0.2, 0.25) is 0 Å². The van der Waals surface area contributed by atoms with E-state index >= 15 is 0 Å². The van der Waals surface area contributed by atoms with E-state index in [0.29, 0.717) is 0 Å². The largest absolute Gasteiger partial charge is 0.310 e. The van der Waals surface area contributed by atoms with Crippen LogP contribution in [0.5, 0.6) is 0 Å².